The van der Waals surface area contributed by atoms with E-state index in [1.165, 1.54) is 13.8 Å². The molecule has 10 heteroatoms. The van der Waals surface area contributed by atoms with Gasteiger partial charge in [0, 0.05) is 0 Å². The molecule has 4 nitrogen and oxygen atoms in total. The van der Waals surface area contributed by atoms with E-state index >= 15 is 0 Å². The largest absolute Gasteiger partial charge is 0.470 e. The van der Waals surface area contributed by atoms with Crippen molar-refractivity contribution < 1.29 is 40.8 Å². The summed E-state index contributed by atoms with van der Waals surface area (Å²) in [5.41, 5.74) is -3.12. The molecule has 0 aromatic heterocycles. The minimum Gasteiger partial charge on any atom is -0.303 e. The third-order valence-electron chi connectivity index (χ3n) is 2.80. The van der Waals surface area contributed by atoms with Crippen LogP contribution in [-0.4, -0.2) is 33.9 Å². The molecule has 0 radical (unpaired) electrons. The van der Waals surface area contributed by atoms with Crippen LogP contribution < -0.4 is 0 Å². The summed E-state index contributed by atoms with van der Waals surface area (Å²) < 4.78 is 81.4. The van der Waals surface area contributed by atoms with E-state index in [2.05, 4.69) is 4.52 Å². The highest BCUT2D eigenvalue weighted by molar-refractivity contribution is 7.46. The Hall–Kier alpha value is -0.240. The van der Waals surface area contributed by atoms with Crippen LogP contribution in [0, 0.1) is 0 Å². The molecule has 0 aliphatic carbocycles. The molecule has 0 bridgehead atoms. The van der Waals surface area contributed by atoms with Gasteiger partial charge in [-0.25, -0.2) is 8.96 Å². The van der Waals surface area contributed by atoms with Gasteiger partial charge in [-0.1, -0.05) is 26.7 Å². The molecule has 0 aromatic carbocycles. The summed E-state index contributed by atoms with van der Waals surface area (Å²) in [6, 6.07) is 0. The van der Waals surface area contributed by atoms with Crippen LogP contribution in [0.3, 0.4) is 0 Å². The molecule has 0 saturated carbocycles. The quantitative estimate of drug-likeness (QED) is 0.500. The van der Waals surface area contributed by atoms with Crippen LogP contribution in [0.5, 0.6) is 0 Å². The number of rotatable bonds is 9. The highest BCUT2D eigenvalue weighted by Gasteiger charge is 2.70. The Labute approximate surface area is 113 Å². The molecular weight excluding hydrogens is 310 g/mol. The first-order valence-electron chi connectivity index (χ1n) is 5.97. The molecule has 0 spiro atoms. The highest BCUT2D eigenvalue weighted by atomic mass is 31.2. The summed E-state index contributed by atoms with van der Waals surface area (Å²) in [6.45, 7) is 0.0634. The third-order valence-corrected chi connectivity index (χ3v) is 3.39. The van der Waals surface area contributed by atoms with Crippen molar-refractivity contribution in [2.24, 2.45) is 0 Å². The summed E-state index contributed by atoms with van der Waals surface area (Å²) in [5, 5.41) is 0. The lowest BCUT2D eigenvalue weighted by Crippen LogP contribution is -2.60. The Morgan fingerprint density at radius 3 is 1.70 bits per heavy atom. The van der Waals surface area contributed by atoms with E-state index < -0.39 is 44.8 Å². The SMILES string of the molecule is CCCC(CCC)(OP(=O)(O)O)C(F)(F)C(F)(F)CF. The Kier molecular flexibility index (Phi) is 6.60. The lowest BCUT2D eigenvalue weighted by Gasteiger charge is -2.42. The first kappa shape index (κ1) is 19.8. The van der Waals surface area contributed by atoms with Crippen molar-refractivity contribution in [3.63, 3.8) is 0 Å². The molecule has 122 valence electrons. The normalized spacial score (nSPS) is 14.7. The van der Waals surface area contributed by atoms with Crippen molar-refractivity contribution in [1.29, 1.82) is 0 Å². The fourth-order valence-electron chi connectivity index (χ4n) is 2.04. The molecule has 0 aromatic rings. The summed E-state index contributed by atoms with van der Waals surface area (Å²) in [6.07, 6.45) is -1.68. The second kappa shape index (κ2) is 6.68. The number of hydrogen-bond donors (Lipinski definition) is 2. The van der Waals surface area contributed by atoms with E-state index in [9.17, 15) is 26.5 Å². The van der Waals surface area contributed by atoms with Crippen LogP contribution in [-0.2, 0) is 9.09 Å². The first-order chi connectivity index (χ1) is 8.89. The van der Waals surface area contributed by atoms with Crippen molar-refractivity contribution in [3.8, 4) is 0 Å². The van der Waals surface area contributed by atoms with Gasteiger partial charge in [-0.2, -0.15) is 17.6 Å². The summed E-state index contributed by atoms with van der Waals surface area (Å²) in [4.78, 5) is 17.5. The number of phosphoric ester groups is 1. The molecule has 20 heavy (non-hydrogen) atoms. The standard InChI is InChI=1S/C10H18F5O4P/c1-3-5-8(6-4-2,19-20(16,17)18)10(14,15)9(12,13)7-11/h3-7H2,1-2H3,(H2,16,17,18). The molecule has 0 rings (SSSR count). The molecule has 0 atom stereocenters. The van der Waals surface area contributed by atoms with E-state index in [1.54, 1.807) is 0 Å². The zero-order valence-corrected chi connectivity index (χ0v) is 12.0. The predicted molar refractivity (Wildman–Crippen MR) is 61.5 cm³/mol. The van der Waals surface area contributed by atoms with Crippen molar-refractivity contribution in [2.75, 3.05) is 6.67 Å². The van der Waals surface area contributed by atoms with Crippen LogP contribution in [0.25, 0.3) is 0 Å². The van der Waals surface area contributed by atoms with Crippen molar-refractivity contribution in [2.45, 2.75) is 57.0 Å². The van der Waals surface area contributed by atoms with Gasteiger partial charge in [0.15, 0.2) is 6.67 Å². The minimum absolute atomic E-state index is 0.0993. The topological polar surface area (TPSA) is 66.8 Å². The summed E-state index contributed by atoms with van der Waals surface area (Å²) in [5.74, 6) is -10.1. The van der Waals surface area contributed by atoms with E-state index in [0.717, 1.165) is 0 Å². The molecule has 0 aliphatic rings. The lowest BCUT2D eigenvalue weighted by atomic mass is 9.83. The maximum atomic E-state index is 14.0. The molecule has 0 aliphatic heterocycles. The fraction of sp³-hybridized carbons (Fsp3) is 1.00. The molecule has 0 fully saturated rings. The van der Waals surface area contributed by atoms with Gasteiger partial charge in [-0.15, -0.1) is 0 Å². The Morgan fingerprint density at radius 2 is 1.45 bits per heavy atom. The lowest BCUT2D eigenvalue weighted by molar-refractivity contribution is -0.294. The van der Waals surface area contributed by atoms with Gasteiger partial charge in [0.25, 0.3) is 0 Å². The number of alkyl halides is 5. The van der Waals surface area contributed by atoms with Gasteiger partial charge in [-0.3, -0.25) is 4.52 Å². The van der Waals surface area contributed by atoms with Crippen LogP contribution in [0.15, 0.2) is 0 Å². The average Bonchev–Trinajstić information content (AvgIpc) is 2.26. The summed E-state index contributed by atoms with van der Waals surface area (Å²) in [7, 11) is -5.46. The number of phosphoric acid groups is 1. The van der Waals surface area contributed by atoms with E-state index in [4.69, 9.17) is 9.79 Å². The second-order valence-electron chi connectivity index (χ2n) is 4.49. The third kappa shape index (κ3) is 4.13. The average molecular weight is 328 g/mol. The fourth-order valence-corrected chi connectivity index (χ4v) is 2.79. The smallest absolute Gasteiger partial charge is 0.303 e. The van der Waals surface area contributed by atoms with Crippen LogP contribution in [0.4, 0.5) is 22.0 Å². The first-order valence-corrected chi connectivity index (χ1v) is 7.50. The number of hydrogen-bond acceptors (Lipinski definition) is 2. The van der Waals surface area contributed by atoms with E-state index in [1.807, 2.05) is 0 Å². The second-order valence-corrected chi connectivity index (χ2v) is 5.65. The van der Waals surface area contributed by atoms with E-state index in [0.29, 0.717) is 0 Å². The molecular formula is C10H18F5O4P. The zero-order valence-electron chi connectivity index (χ0n) is 11.1. The van der Waals surface area contributed by atoms with Crippen molar-refractivity contribution >= 4 is 7.82 Å². The van der Waals surface area contributed by atoms with Crippen molar-refractivity contribution in [1.82, 2.24) is 0 Å². The van der Waals surface area contributed by atoms with Crippen LogP contribution in [0.1, 0.15) is 39.5 Å². The van der Waals surface area contributed by atoms with E-state index in [-0.39, 0.29) is 12.8 Å². The van der Waals surface area contributed by atoms with Gasteiger partial charge in [0.1, 0.15) is 5.60 Å². The van der Waals surface area contributed by atoms with Gasteiger partial charge in [-0.05, 0) is 12.8 Å². The monoisotopic (exact) mass is 328 g/mol. The Bertz CT molecular complexity index is 352. The maximum Gasteiger partial charge on any atom is 0.470 e. The van der Waals surface area contributed by atoms with Gasteiger partial charge in [0.2, 0.25) is 0 Å². The minimum atomic E-state index is -5.46. The number of halogens is 5. The van der Waals surface area contributed by atoms with Gasteiger partial charge < -0.3 is 9.79 Å². The van der Waals surface area contributed by atoms with Crippen LogP contribution >= 0.6 is 7.82 Å². The highest BCUT2D eigenvalue weighted by Crippen LogP contribution is 2.55. The molecule has 0 heterocycles. The molecule has 0 unspecified atom stereocenters. The summed E-state index contributed by atoms with van der Waals surface area (Å²) >= 11 is 0. The maximum absolute atomic E-state index is 14.0. The van der Waals surface area contributed by atoms with Crippen molar-refractivity contribution in [3.05, 3.63) is 0 Å². The molecule has 2 N–H and O–H groups in total. The van der Waals surface area contributed by atoms with Gasteiger partial charge in [0.05, 0.1) is 0 Å². The van der Waals surface area contributed by atoms with Gasteiger partial charge >= 0.3 is 19.7 Å². The Balaban J connectivity index is 5.87. The van der Waals surface area contributed by atoms with Crippen LogP contribution in [0.2, 0.25) is 0 Å². The Morgan fingerprint density at radius 1 is 1.05 bits per heavy atom. The predicted octanol–water partition coefficient (Wildman–Crippen LogP) is 3.67. The zero-order chi connectivity index (χ0) is 16.2. The molecule has 0 saturated heterocycles. The molecule has 0 amide bonds.